The Balaban J connectivity index is 2.35. The van der Waals surface area contributed by atoms with Crippen LogP contribution in [0, 0.1) is 11.6 Å². The van der Waals surface area contributed by atoms with E-state index in [1.54, 1.807) is 6.92 Å². The lowest BCUT2D eigenvalue weighted by Gasteiger charge is -2.11. The minimum atomic E-state index is -0.636. The van der Waals surface area contributed by atoms with Crippen LogP contribution < -0.4 is 10.6 Å². The minimum Gasteiger partial charge on any atom is -0.394 e. The van der Waals surface area contributed by atoms with Gasteiger partial charge in [-0.3, -0.25) is 0 Å². The van der Waals surface area contributed by atoms with Crippen LogP contribution >= 0.6 is 0 Å². The molecule has 1 aromatic rings. The Morgan fingerprint density at radius 3 is 2.50 bits per heavy atom. The van der Waals surface area contributed by atoms with E-state index in [1.807, 2.05) is 0 Å². The van der Waals surface area contributed by atoms with Gasteiger partial charge in [0, 0.05) is 12.6 Å². The highest BCUT2D eigenvalue weighted by Gasteiger charge is 2.05. The van der Waals surface area contributed by atoms with Crippen LogP contribution in [0.3, 0.4) is 0 Å². The first-order valence-electron chi connectivity index (χ1n) is 5.61. The lowest BCUT2D eigenvalue weighted by Crippen LogP contribution is -2.42. The summed E-state index contributed by atoms with van der Waals surface area (Å²) >= 11 is 0. The van der Waals surface area contributed by atoms with E-state index in [1.165, 1.54) is 12.1 Å². The maximum Gasteiger partial charge on any atom is 0.315 e. The fourth-order valence-corrected chi connectivity index (χ4v) is 1.40. The van der Waals surface area contributed by atoms with Crippen molar-refractivity contribution in [1.29, 1.82) is 0 Å². The summed E-state index contributed by atoms with van der Waals surface area (Å²) in [7, 11) is 0. The van der Waals surface area contributed by atoms with Gasteiger partial charge >= 0.3 is 6.03 Å². The largest absolute Gasteiger partial charge is 0.394 e. The molecule has 0 saturated carbocycles. The maximum absolute atomic E-state index is 12.9. The number of halogens is 2. The van der Waals surface area contributed by atoms with Crippen LogP contribution in [0.5, 0.6) is 0 Å². The van der Waals surface area contributed by atoms with E-state index in [2.05, 4.69) is 10.6 Å². The van der Waals surface area contributed by atoms with E-state index in [9.17, 15) is 13.6 Å². The topological polar surface area (TPSA) is 61.4 Å². The lowest BCUT2D eigenvalue weighted by atomic mass is 10.1. The molecule has 1 unspecified atom stereocenters. The third-order valence-electron chi connectivity index (χ3n) is 2.27. The average molecular weight is 258 g/mol. The zero-order valence-electron chi connectivity index (χ0n) is 10.0. The van der Waals surface area contributed by atoms with E-state index in [0.29, 0.717) is 12.0 Å². The van der Waals surface area contributed by atoms with Gasteiger partial charge in [0.15, 0.2) is 0 Å². The highest BCUT2D eigenvalue weighted by molar-refractivity contribution is 5.74. The van der Waals surface area contributed by atoms with Crippen molar-refractivity contribution in [2.75, 3.05) is 13.2 Å². The first-order chi connectivity index (χ1) is 8.51. The number of carbonyl (C=O) groups is 1. The molecule has 4 nitrogen and oxygen atoms in total. The molecular weight excluding hydrogens is 242 g/mol. The molecule has 0 aromatic heterocycles. The Morgan fingerprint density at radius 2 is 1.94 bits per heavy atom. The molecular formula is C12H16F2N2O2. The first-order valence-corrected chi connectivity index (χ1v) is 5.61. The molecule has 0 saturated heterocycles. The van der Waals surface area contributed by atoms with Gasteiger partial charge in [0.05, 0.1) is 12.6 Å². The summed E-state index contributed by atoms with van der Waals surface area (Å²) in [6.45, 7) is 1.76. The molecule has 100 valence electrons. The summed E-state index contributed by atoms with van der Waals surface area (Å²) < 4.78 is 25.7. The van der Waals surface area contributed by atoms with Crippen molar-refractivity contribution in [3.05, 3.63) is 35.4 Å². The number of aliphatic hydroxyl groups excluding tert-OH is 1. The van der Waals surface area contributed by atoms with Crippen molar-refractivity contribution >= 4 is 6.03 Å². The molecule has 2 amide bonds. The number of carbonyl (C=O) groups excluding carboxylic acids is 1. The molecule has 0 heterocycles. The standard InChI is InChI=1S/C12H16F2N2O2/c1-8(7-17)16-12(18)15-3-2-9-4-10(13)6-11(14)5-9/h4-6,8,17H,2-3,7H2,1H3,(H2,15,16,18). The van der Waals surface area contributed by atoms with Gasteiger partial charge in [-0.1, -0.05) is 0 Å². The highest BCUT2D eigenvalue weighted by atomic mass is 19.1. The molecule has 0 fully saturated rings. The molecule has 1 rings (SSSR count). The second-order valence-corrected chi connectivity index (χ2v) is 4.01. The number of amides is 2. The fraction of sp³-hybridized carbons (Fsp3) is 0.417. The molecule has 18 heavy (non-hydrogen) atoms. The number of rotatable bonds is 5. The van der Waals surface area contributed by atoms with Crippen LogP contribution in [-0.4, -0.2) is 30.3 Å². The quantitative estimate of drug-likeness (QED) is 0.743. The fourth-order valence-electron chi connectivity index (χ4n) is 1.40. The molecule has 0 radical (unpaired) electrons. The van der Waals surface area contributed by atoms with Crippen molar-refractivity contribution in [2.24, 2.45) is 0 Å². The minimum absolute atomic E-state index is 0.150. The summed E-state index contributed by atoms with van der Waals surface area (Å²) in [4.78, 5) is 11.3. The number of urea groups is 1. The van der Waals surface area contributed by atoms with Crippen molar-refractivity contribution in [2.45, 2.75) is 19.4 Å². The van der Waals surface area contributed by atoms with Crippen LogP contribution in [-0.2, 0) is 6.42 Å². The molecule has 1 atom stereocenters. The van der Waals surface area contributed by atoms with E-state index < -0.39 is 17.7 Å². The Morgan fingerprint density at radius 1 is 1.33 bits per heavy atom. The molecule has 1 aromatic carbocycles. The van der Waals surface area contributed by atoms with Gasteiger partial charge in [-0.2, -0.15) is 0 Å². The number of aliphatic hydroxyl groups is 1. The monoisotopic (exact) mass is 258 g/mol. The second-order valence-electron chi connectivity index (χ2n) is 4.01. The SMILES string of the molecule is CC(CO)NC(=O)NCCc1cc(F)cc(F)c1. The van der Waals surface area contributed by atoms with E-state index in [0.717, 1.165) is 6.07 Å². The van der Waals surface area contributed by atoms with Gasteiger partial charge in [-0.05, 0) is 31.0 Å². The molecule has 0 spiro atoms. The highest BCUT2D eigenvalue weighted by Crippen LogP contribution is 2.07. The smallest absolute Gasteiger partial charge is 0.315 e. The lowest BCUT2D eigenvalue weighted by molar-refractivity contribution is 0.220. The Labute approximate surface area is 104 Å². The number of hydrogen-bond donors (Lipinski definition) is 3. The van der Waals surface area contributed by atoms with Crippen molar-refractivity contribution in [3.8, 4) is 0 Å². The van der Waals surface area contributed by atoms with E-state index >= 15 is 0 Å². The van der Waals surface area contributed by atoms with Gasteiger partial charge in [0.25, 0.3) is 0 Å². The average Bonchev–Trinajstić information content (AvgIpc) is 2.27. The summed E-state index contributed by atoms with van der Waals surface area (Å²) in [6.07, 6.45) is 0.329. The third-order valence-corrected chi connectivity index (χ3v) is 2.27. The summed E-state index contributed by atoms with van der Waals surface area (Å²) in [5, 5.41) is 13.7. The number of hydrogen-bond acceptors (Lipinski definition) is 2. The van der Waals surface area contributed by atoms with E-state index in [-0.39, 0.29) is 19.2 Å². The molecule has 0 aliphatic heterocycles. The molecule has 0 aliphatic rings. The van der Waals surface area contributed by atoms with Crippen LogP contribution in [0.2, 0.25) is 0 Å². The van der Waals surface area contributed by atoms with Crippen LogP contribution in [0.4, 0.5) is 13.6 Å². The van der Waals surface area contributed by atoms with Crippen molar-refractivity contribution in [1.82, 2.24) is 10.6 Å². The van der Waals surface area contributed by atoms with Gasteiger partial charge in [-0.15, -0.1) is 0 Å². The summed E-state index contributed by atoms with van der Waals surface area (Å²) in [6, 6.07) is 2.48. The molecule has 3 N–H and O–H groups in total. The third kappa shape index (κ3) is 5.09. The summed E-state index contributed by atoms with van der Waals surface area (Å²) in [5.41, 5.74) is 0.475. The van der Waals surface area contributed by atoms with Crippen LogP contribution in [0.1, 0.15) is 12.5 Å². The normalized spacial score (nSPS) is 12.0. The molecule has 0 bridgehead atoms. The predicted molar refractivity (Wildman–Crippen MR) is 63.1 cm³/mol. The zero-order chi connectivity index (χ0) is 13.5. The Hall–Kier alpha value is -1.69. The van der Waals surface area contributed by atoms with Crippen molar-refractivity contribution < 1.29 is 18.7 Å². The molecule has 6 heteroatoms. The van der Waals surface area contributed by atoms with E-state index in [4.69, 9.17) is 5.11 Å². The zero-order valence-corrected chi connectivity index (χ0v) is 10.0. The number of benzene rings is 1. The van der Waals surface area contributed by atoms with Crippen LogP contribution in [0.25, 0.3) is 0 Å². The first kappa shape index (κ1) is 14.4. The molecule has 0 aliphatic carbocycles. The van der Waals surface area contributed by atoms with Gasteiger partial charge in [0.2, 0.25) is 0 Å². The second kappa shape index (κ2) is 6.90. The summed E-state index contributed by atoms with van der Waals surface area (Å²) in [5.74, 6) is -1.27. The van der Waals surface area contributed by atoms with Crippen molar-refractivity contribution in [3.63, 3.8) is 0 Å². The van der Waals surface area contributed by atoms with Gasteiger partial charge in [-0.25, -0.2) is 13.6 Å². The maximum atomic E-state index is 12.9. The Bertz CT molecular complexity index is 393. The Kier molecular flexibility index (Phi) is 5.51. The van der Waals surface area contributed by atoms with Gasteiger partial charge < -0.3 is 15.7 Å². The van der Waals surface area contributed by atoms with Crippen LogP contribution in [0.15, 0.2) is 18.2 Å². The van der Waals surface area contributed by atoms with Gasteiger partial charge in [0.1, 0.15) is 11.6 Å². The predicted octanol–water partition coefficient (Wildman–Crippen LogP) is 1.19. The number of nitrogens with one attached hydrogen (secondary N) is 2.